The van der Waals surface area contributed by atoms with Gasteiger partial charge in [0.15, 0.2) is 0 Å². The number of carboxylic acid groups (broad SMARTS) is 1. The summed E-state index contributed by atoms with van der Waals surface area (Å²) in [6.45, 7) is 0. The smallest absolute Gasteiger partial charge is 0.337 e. The Labute approximate surface area is 88.5 Å². The molecule has 0 heterocycles. The van der Waals surface area contributed by atoms with Gasteiger partial charge in [-0.2, -0.15) is 0 Å². The molecule has 0 fully saturated rings. The number of rotatable bonds is 1. The Morgan fingerprint density at radius 1 is 1.50 bits per heavy atom. The van der Waals surface area contributed by atoms with Crippen LogP contribution < -0.4 is 5.73 Å². The summed E-state index contributed by atoms with van der Waals surface area (Å²) in [6.07, 6.45) is 0. The van der Waals surface area contributed by atoms with Gasteiger partial charge in [0.2, 0.25) is 0 Å². The Morgan fingerprint density at radius 2 is 2.08 bits per heavy atom. The SMILES string of the molecule is Br.Nc1ccc(Br)cc1C(=O)O. The Bertz CT molecular complexity index is 301. The van der Waals surface area contributed by atoms with Crippen LogP contribution >= 0.6 is 32.9 Å². The molecular formula is C7H7Br2NO2. The maximum Gasteiger partial charge on any atom is 0.337 e. The first-order valence-electron chi connectivity index (χ1n) is 2.89. The van der Waals surface area contributed by atoms with Gasteiger partial charge in [-0.25, -0.2) is 4.79 Å². The van der Waals surface area contributed by atoms with Gasteiger partial charge >= 0.3 is 5.97 Å². The van der Waals surface area contributed by atoms with Crippen LogP contribution in [-0.2, 0) is 0 Å². The van der Waals surface area contributed by atoms with Gasteiger partial charge in [0.25, 0.3) is 0 Å². The van der Waals surface area contributed by atoms with Crippen LogP contribution in [0.2, 0.25) is 0 Å². The molecule has 5 heteroatoms. The number of halogens is 2. The van der Waals surface area contributed by atoms with Crippen LogP contribution in [0.15, 0.2) is 22.7 Å². The van der Waals surface area contributed by atoms with E-state index in [0.29, 0.717) is 4.47 Å². The van der Waals surface area contributed by atoms with Gasteiger partial charge in [0.05, 0.1) is 5.56 Å². The molecule has 1 rings (SSSR count). The van der Waals surface area contributed by atoms with Crippen LogP contribution in [0.25, 0.3) is 0 Å². The lowest BCUT2D eigenvalue weighted by Crippen LogP contribution is -2.01. The van der Waals surface area contributed by atoms with Crippen molar-refractivity contribution in [3.8, 4) is 0 Å². The largest absolute Gasteiger partial charge is 0.478 e. The van der Waals surface area contributed by atoms with E-state index in [0.717, 1.165) is 0 Å². The van der Waals surface area contributed by atoms with Crippen LogP contribution in [-0.4, -0.2) is 11.1 Å². The van der Waals surface area contributed by atoms with Crippen LogP contribution in [0, 0.1) is 0 Å². The molecule has 0 bridgehead atoms. The van der Waals surface area contributed by atoms with Gasteiger partial charge in [0.1, 0.15) is 0 Å². The van der Waals surface area contributed by atoms with E-state index >= 15 is 0 Å². The van der Waals surface area contributed by atoms with E-state index < -0.39 is 5.97 Å². The molecule has 0 aliphatic rings. The third kappa shape index (κ3) is 2.49. The van der Waals surface area contributed by atoms with Gasteiger partial charge in [-0.1, -0.05) is 15.9 Å². The minimum Gasteiger partial charge on any atom is -0.478 e. The van der Waals surface area contributed by atoms with E-state index in [1.807, 2.05) is 0 Å². The molecule has 66 valence electrons. The molecule has 0 radical (unpaired) electrons. The van der Waals surface area contributed by atoms with E-state index in [4.69, 9.17) is 10.8 Å². The molecule has 0 amide bonds. The zero-order valence-corrected chi connectivity index (χ0v) is 9.25. The van der Waals surface area contributed by atoms with E-state index in [-0.39, 0.29) is 28.2 Å². The van der Waals surface area contributed by atoms with Crippen molar-refractivity contribution in [3.05, 3.63) is 28.2 Å². The summed E-state index contributed by atoms with van der Waals surface area (Å²) in [5, 5.41) is 8.59. The summed E-state index contributed by atoms with van der Waals surface area (Å²) in [7, 11) is 0. The maximum absolute atomic E-state index is 10.5. The summed E-state index contributed by atoms with van der Waals surface area (Å²) in [5.41, 5.74) is 5.79. The normalized spacial score (nSPS) is 8.75. The third-order valence-corrected chi connectivity index (χ3v) is 1.74. The predicted molar refractivity (Wildman–Crippen MR) is 55.8 cm³/mol. The summed E-state index contributed by atoms with van der Waals surface area (Å²) in [5.74, 6) is -1.01. The molecule has 0 aliphatic carbocycles. The highest BCUT2D eigenvalue weighted by molar-refractivity contribution is 9.10. The van der Waals surface area contributed by atoms with Crippen LogP contribution in [0.1, 0.15) is 10.4 Å². The Hall–Kier alpha value is -0.550. The van der Waals surface area contributed by atoms with Crippen molar-refractivity contribution in [1.82, 2.24) is 0 Å². The molecule has 1 aromatic carbocycles. The fourth-order valence-electron chi connectivity index (χ4n) is 0.714. The number of nitrogens with two attached hydrogens (primary N) is 1. The van der Waals surface area contributed by atoms with E-state index in [1.54, 1.807) is 12.1 Å². The van der Waals surface area contributed by atoms with Crippen LogP contribution in [0.4, 0.5) is 5.69 Å². The van der Waals surface area contributed by atoms with E-state index in [2.05, 4.69) is 15.9 Å². The molecule has 0 aliphatic heterocycles. The molecule has 3 N–H and O–H groups in total. The van der Waals surface area contributed by atoms with Gasteiger partial charge in [-0.05, 0) is 18.2 Å². The lowest BCUT2D eigenvalue weighted by molar-refractivity contribution is 0.0698. The number of nitrogen functional groups attached to an aromatic ring is 1. The number of aromatic carboxylic acids is 1. The fraction of sp³-hybridized carbons (Fsp3) is 0. The maximum atomic E-state index is 10.5. The van der Waals surface area contributed by atoms with Crippen molar-refractivity contribution >= 4 is 44.6 Å². The summed E-state index contributed by atoms with van der Waals surface area (Å²) < 4.78 is 0.712. The summed E-state index contributed by atoms with van der Waals surface area (Å²) >= 11 is 3.15. The van der Waals surface area contributed by atoms with Crippen molar-refractivity contribution in [1.29, 1.82) is 0 Å². The third-order valence-electron chi connectivity index (χ3n) is 1.25. The lowest BCUT2D eigenvalue weighted by Gasteiger charge is -1.99. The second-order valence-corrected chi connectivity index (χ2v) is 2.95. The van der Waals surface area contributed by atoms with Crippen molar-refractivity contribution in [2.45, 2.75) is 0 Å². The Balaban J connectivity index is 0.00000121. The molecule has 0 aromatic heterocycles. The zero-order valence-electron chi connectivity index (χ0n) is 5.95. The zero-order chi connectivity index (χ0) is 8.43. The molecule has 12 heavy (non-hydrogen) atoms. The van der Waals surface area contributed by atoms with Crippen molar-refractivity contribution in [2.24, 2.45) is 0 Å². The van der Waals surface area contributed by atoms with Gasteiger partial charge in [-0.15, -0.1) is 17.0 Å². The van der Waals surface area contributed by atoms with Gasteiger partial charge in [0, 0.05) is 10.2 Å². The van der Waals surface area contributed by atoms with Crippen molar-refractivity contribution in [3.63, 3.8) is 0 Å². The highest BCUT2D eigenvalue weighted by Crippen LogP contribution is 2.17. The second kappa shape index (κ2) is 4.47. The van der Waals surface area contributed by atoms with Crippen LogP contribution in [0.3, 0.4) is 0 Å². The first-order valence-corrected chi connectivity index (χ1v) is 3.69. The van der Waals surface area contributed by atoms with Crippen molar-refractivity contribution in [2.75, 3.05) is 5.73 Å². The average molecular weight is 297 g/mol. The highest BCUT2D eigenvalue weighted by Gasteiger charge is 2.06. The van der Waals surface area contributed by atoms with Crippen molar-refractivity contribution < 1.29 is 9.90 Å². The molecule has 0 saturated heterocycles. The first-order chi connectivity index (χ1) is 5.11. The number of carbonyl (C=O) groups is 1. The number of benzene rings is 1. The topological polar surface area (TPSA) is 63.3 Å². The number of anilines is 1. The Morgan fingerprint density at radius 3 is 2.50 bits per heavy atom. The fourth-order valence-corrected chi connectivity index (χ4v) is 1.07. The molecule has 0 atom stereocenters. The van der Waals surface area contributed by atoms with Crippen LogP contribution in [0.5, 0.6) is 0 Å². The lowest BCUT2D eigenvalue weighted by atomic mass is 10.2. The monoisotopic (exact) mass is 295 g/mol. The molecular weight excluding hydrogens is 290 g/mol. The van der Waals surface area contributed by atoms with Gasteiger partial charge < -0.3 is 10.8 Å². The second-order valence-electron chi connectivity index (χ2n) is 2.04. The number of hydrogen-bond donors (Lipinski definition) is 2. The van der Waals surface area contributed by atoms with E-state index in [9.17, 15) is 4.79 Å². The highest BCUT2D eigenvalue weighted by atomic mass is 79.9. The molecule has 0 spiro atoms. The minimum absolute atomic E-state index is 0. The quantitative estimate of drug-likeness (QED) is 0.782. The predicted octanol–water partition coefficient (Wildman–Crippen LogP) is 2.31. The standard InChI is InChI=1S/C7H6BrNO2.BrH/c8-4-1-2-6(9)5(3-4)7(10)11;/h1-3H,9H2,(H,10,11);1H. The average Bonchev–Trinajstić information content (AvgIpc) is 1.94. The molecule has 3 nitrogen and oxygen atoms in total. The first kappa shape index (κ1) is 11.4. The van der Waals surface area contributed by atoms with Gasteiger partial charge in [-0.3, -0.25) is 0 Å². The van der Waals surface area contributed by atoms with E-state index in [1.165, 1.54) is 6.07 Å². The Kier molecular flexibility index (Phi) is 4.26. The molecule has 1 aromatic rings. The molecule has 0 saturated carbocycles. The number of hydrogen-bond acceptors (Lipinski definition) is 2. The summed E-state index contributed by atoms with van der Waals surface area (Å²) in [6, 6.07) is 4.72. The minimum atomic E-state index is -1.01. The number of carboxylic acids is 1. The summed E-state index contributed by atoms with van der Waals surface area (Å²) in [4.78, 5) is 10.5. The molecule has 0 unspecified atom stereocenters.